The summed E-state index contributed by atoms with van der Waals surface area (Å²) in [5, 5.41) is 0. The van der Waals surface area contributed by atoms with E-state index in [-0.39, 0.29) is 0 Å². The smallest absolute Gasteiger partial charge is 0.166 e. The zero-order valence-electron chi connectivity index (χ0n) is 6.78. The summed E-state index contributed by atoms with van der Waals surface area (Å²) in [5.74, 6) is 0. The first-order valence-electron chi connectivity index (χ1n) is 3.59. The van der Waals surface area contributed by atoms with Crippen molar-refractivity contribution in [3.8, 4) is 0 Å². The van der Waals surface area contributed by atoms with E-state index in [0.29, 0.717) is 5.56 Å². The molecule has 0 N–H and O–H groups in total. The number of rotatable bonds is 1. The number of benzene rings is 1. The van der Waals surface area contributed by atoms with E-state index >= 15 is 0 Å². The fourth-order valence-electron chi connectivity index (χ4n) is 0.787. The average Bonchev–Trinajstić information content (AvgIpc) is 2.07. The van der Waals surface area contributed by atoms with Crippen molar-refractivity contribution in [2.24, 2.45) is 0 Å². The Balaban J connectivity index is 2.93. The fraction of sp³-hybridized carbons (Fsp3) is 0.111. The van der Waals surface area contributed by atoms with Gasteiger partial charge in [-0.2, -0.15) is 13.2 Å². The Kier molecular flexibility index (Phi) is 3.78. The highest BCUT2D eigenvalue weighted by Gasteiger charge is 2.31. The molecule has 14 heavy (non-hydrogen) atoms. The lowest BCUT2D eigenvalue weighted by Gasteiger charge is -2.04. The van der Waals surface area contributed by atoms with Crippen molar-refractivity contribution in [3.05, 3.63) is 38.8 Å². The lowest BCUT2D eigenvalue weighted by molar-refractivity contribution is -0.0820. The van der Waals surface area contributed by atoms with Crippen LogP contribution in [0.25, 0.3) is 6.08 Å². The van der Waals surface area contributed by atoms with E-state index in [1.54, 1.807) is 24.3 Å². The van der Waals surface area contributed by atoms with Gasteiger partial charge in [-0.3, -0.25) is 0 Å². The first-order chi connectivity index (χ1) is 6.39. The van der Waals surface area contributed by atoms with Gasteiger partial charge in [-0.25, -0.2) is 0 Å². The Morgan fingerprint density at radius 3 is 2.07 bits per heavy atom. The maximum atomic E-state index is 12.1. The molecule has 0 atom stereocenters. The Bertz CT molecular complexity index is 338. The Hall–Kier alpha value is -0.290. The van der Waals surface area contributed by atoms with E-state index < -0.39 is 10.7 Å². The maximum absolute atomic E-state index is 12.1. The zero-order chi connectivity index (χ0) is 10.8. The fourth-order valence-corrected chi connectivity index (χ4v) is 1.32. The highest BCUT2D eigenvalue weighted by Crippen LogP contribution is 2.31. The number of hydrogen-bond acceptors (Lipinski definition) is 0. The molecular formula is C9H5Br2F3. The first kappa shape index (κ1) is 11.8. The van der Waals surface area contributed by atoms with Gasteiger partial charge in [0.05, 0.1) is 4.48 Å². The topological polar surface area (TPSA) is 0 Å². The van der Waals surface area contributed by atoms with E-state index in [1.165, 1.54) is 0 Å². The van der Waals surface area contributed by atoms with Crippen LogP contribution in [-0.2, 0) is 0 Å². The van der Waals surface area contributed by atoms with Gasteiger partial charge in [0.25, 0.3) is 0 Å². The van der Waals surface area contributed by atoms with Gasteiger partial charge in [0, 0.05) is 4.47 Å². The number of hydrogen-bond donors (Lipinski definition) is 0. The molecule has 76 valence electrons. The van der Waals surface area contributed by atoms with Gasteiger partial charge in [0.15, 0.2) is 0 Å². The molecule has 0 saturated carbocycles. The van der Waals surface area contributed by atoms with Crippen LogP contribution >= 0.6 is 31.9 Å². The lowest BCUT2D eigenvalue weighted by atomic mass is 10.2. The standard InChI is InChI=1S/C9H5Br2F3/c10-7-3-1-6(2-4-7)5-8(11)9(12,13)14/h1-5H. The third-order valence-electron chi connectivity index (χ3n) is 1.43. The van der Waals surface area contributed by atoms with Crippen molar-refractivity contribution in [2.75, 3.05) is 0 Å². The molecule has 0 amide bonds. The Morgan fingerprint density at radius 2 is 1.64 bits per heavy atom. The van der Waals surface area contributed by atoms with Crippen molar-refractivity contribution in [1.29, 1.82) is 0 Å². The van der Waals surface area contributed by atoms with Crippen molar-refractivity contribution in [1.82, 2.24) is 0 Å². The Labute approximate surface area is 96.1 Å². The van der Waals surface area contributed by atoms with Crippen molar-refractivity contribution < 1.29 is 13.2 Å². The number of allylic oxidation sites excluding steroid dienone is 1. The van der Waals surface area contributed by atoms with Crippen LogP contribution in [-0.4, -0.2) is 6.18 Å². The predicted octanol–water partition coefficient (Wildman–Crippen LogP) is 4.75. The molecule has 0 radical (unpaired) electrons. The summed E-state index contributed by atoms with van der Waals surface area (Å²) in [6, 6.07) is 6.55. The van der Waals surface area contributed by atoms with Crippen LogP contribution in [0.3, 0.4) is 0 Å². The molecule has 0 heterocycles. The molecule has 1 aromatic rings. The van der Waals surface area contributed by atoms with E-state index in [4.69, 9.17) is 0 Å². The van der Waals surface area contributed by atoms with Gasteiger partial charge in [0.2, 0.25) is 0 Å². The molecule has 0 aliphatic carbocycles. The summed E-state index contributed by atoms with van der Waals surface area (Å²) in [6.07, 6.45) is -3.29. The largest absolute Gasteiger partial charge is 0.422 e. The van der Waals surface area contributed by atoms with Gasteiger partial charge in [0.1, 0.15) is 0 Å². The van der Waals surface area contributed by atoms with Gasteiger partial charge in [-0.05, 0) is 39.7 Å². The van der Waals surface area contributed by atoms with Crippen molar-refractivity contribution in [2.45, 2.75) is 6.18 Å². The second-order valence-corrected chi connectivity index (χ2v) is 4.31. The third-order valence-corrected chi connectivity index (χ3v) is 2.64. The zero-order valence-corrected chi connectivity index (χ0v) is 9.95. The monoisotopic (exact) mass is 328 g/mol. The molecule has 1 rings (SSSR count). The highest BCUT2D eigenvalue weighted by molar-refractivity contribution is 9.12. The van der Waals surface area contributed by atoms with Crippen molar-refractivity contribution >= 4 is 37.9 Å². The van der Waals surface area contributed by atoms with Crippen LogP contribution < -0.4 is 0 Å². The molecule has 0 aliphatic heterocycles. The normalized spacial score (nSPS) is 13.1. The molecule has 0 spiro atoms. The van der Waals surface area contributed by atoms with Crippen LogP contribution in [0.1, 0.15) is 5.56 Å². The second kappa shape index (κ2) is 4.49. The molecular weight excluding hydrogens is 325 g/mol. The highest BCUT2D eigenvalue weighted by atomic mass is 79.9. The summed E-state index contributed by atoms with van der Waals surface area (Å²) < 4.78 is 36.3. The van der Waals surface area contributed by atoms with E-state index in [0.717, 1.165) is 10.5 Å². The SMILES string of the molecule is FC(F)(F)C(Br)=Cc1ccc(Br)cc1. The summed E-state index contributed by atoms with van der Waals surface area (Å²) >= 11 is 5.67. The first-order valence-corrected chi connectivity index (χ1v) is 5.18. The van der Waals surface area contributed by atoms with Crippen LogP contribution in [0.15, 0.2) is 33.2 Å². The van der Waals surface area contributed by atoms with E-state index in [2.05, 4.69) is 31.9 Å². The quantitative estimate of drug-likeness (QED) is 0.697. The Morgan fingerprint density at radius 1 is 1.14 bits per heavy atom. The molecule has 0 aliphatic rings. The maximum Gasteiger partial charge on any atom is 0.422 e. The summed E-state index contributed by atoms with van der Waals surface area (Å²) in [7, 11) is 0. The van der Waals surface area contributed by atoms with Crippen LogP contribution in [0.5, 0.6) is 0 Å². The minimum absolute atomic E-state index is 0.498. The minimum atomic E-state index is -4.33. The van der Waals surface area contributed by atoms with Gasteiger partial charge in [-0.15, -0.1) is 0 Å². The molecule has 1 aromatic carbocycles. The number of halogens is 5. The summed E-state index contributed by atoms with van der Waals surface area (Å²) in [4.78, 5) is 0. The molecule has 0 unspecified atom stereocenters. The minimum Gasteiger partial charge on any atom is -0.166 e. The number of alkyl halides is 3. The predicted molar refractivity (Wildman–Crippen MR) is 57.1 cm³/mol. The molecule has 5 heteroatoms. The second-order valence-electron chi connectivity index (χ2n) is 2.54. The van der Waals surface area contributed by atoms with E-state index in [9.17, 15) is 13.2 Å². The van der Waals surface area contributed by atoms with Gasteiger partial charge in [-0.1, -0.05) is 28.1 Å². The van der Waals surface area contributed by atoms with Gasteiger partial charge < -0.3 is 0 Å². The average molecular weight is 330 g/mol. The van der Waals surface area contributed by atoms with Crippen LogP contribution in [0.2, 0.25) is 0 Å². The van der Waals surface area contributed by atoms with Crippen LogP contribution in [0.4, 0.5) is 13.2 Å². The molecule has 0 nitrogen and oxygen atoms in total. The molecule has 0 fully saturated rings. The molecule has 0 saturated heterocycles. The summed E-state index contributed by atoms with van der Waals surface area (Å²) in [5.41, 5.74) is 0.498. The molecule has 0 aromatic heterocycles. The summed E-state index contributed by atoms with van der Waals surface area (Å²) in [6.45, 7) is 0. The van der Waals surface area contributed by atoms with Crippen LogP contribution in [0, 0.1) is 0 Å². The third kappa shape index (κ3) is 3.46. The molecule has 0 bridgehead atoms. The van der Waals surface area contributed by atoms with Crippen molar-refractivity contribution in [3.63, 3.8) is 0 Å². The lowest BCUT2D eigenvalue weighted by Crippen LogP contribution is -2.06. The van der Waals surface area contributed by atoms with E-state index in [1.807, 2.05) is 0 Å². The van der Waals surface area contributed by atoms with Gasteiger partial charge >= 0.3 is 6.18 Å².